The topological polar surface area (TPSA) is 21.3 Å². The summed E-state index contributed by atoms with van der Waals surface area (Å²) in [7, 11) is 0. The summed E-state index contributed by atoms with van der Waals surface area (Å²) in [5, 5.41) is 5.04. The Hall–Kier alpha value is -0.150. The number of anilines is 1. The molecule has 2 atom stereocenters. The molecule has 0 spiro atoms. The second-order valence-corrected chi connectivity index (χ2v) is 6.49. The van der Waals surface area contributed by atoms with Gasteiger partial charge in [-0.25, -0.2) is 0 Å². The van der Waals surface area contributed by atoms with Crippen LogP contribution in [0.15, 0.2) is 12.1 Å². The van der Waals surface area contributed by atoms with Crippen molar-refractivity contribution in [2.75, 3.05) is 11.9 Å². The first-order valence-electron chi connectivity index (χ1n) is 6.50. The average Bonchev–Trinajstić information content (AvgIpc) is 2.36. The van der Waals surface area contributed by atoms with E-state index >= 15 is 0 Å². The van der Waals surface area contributed by atoms with E-state index in [2.05, 4.69) is 19.2 Å². The van der Waals surface area contributed by atoms with E-state index in [0.29, 0.717) is 33.1 Å². The summed E-state index contributed by atoms with van der Waals surface area (Å²) in [5.41, 5.74) is 0.838. The van der Waals surface area contributed by atoms with E-state index in [9.17, 15) is 0 Å². The predicted octanol–water partition coefficient (Wildman–Crippen LogP) is 5.26. The van der Waals surface area contributed by atoms with Crippen LogP contribution in [-0.2, 0) is 4.74 Å². The summed E-state index contributed by atoms with van der Waals surface area (Å²) < 4.78 is 5.76. The zero-order valence-electron chi connectivity index (χ0n) is 11.1. The molecule has 106 valence electrons. The molecule has 2 unspecified atom stereocenters. The van der Waals surface area contributed by atoms with Gasteiger partial charge in [0, 0.05) is 12.6 Å². The molecule has 1 aromatic rings. The predicted molar refractivity (Wildman–Crippen MR) is 82.7 cm³/mol. The third-order valence-corrected chi connectivity index (χ3v) is 4.46. The van der Waals surface area contributed by atoms with Gasteiger partial charge < -0.3 is 10.1 Å². The maximum atomic E-state index is 6.18. The number of halogens is 3. The van der Waals surface area contributed by atoms with Crippen molar-refractivity contribution in [2.45, 2.75) is 38.8 Å². The highest BCUT2D eigenvalue weighted by atomic mass is 35.5. The molecule has 1 heterocycles. The number of nitrogens with one attached hydrogen (secondary N) is 1. The van der Waals surface area contributed by atoms with Crippen molar-refractivity contribution in [3.8, 4) is 0 Å². The van der Waals surface area contributed by atoms with Crippen molar-refractivity contribution < 1.29 is 4.74 Å². The first-order chi connectivity index (χ1) is 8.97. The average molecular weight is 323 g/mol. The van der Waals surface area contributed by atoms with E-state index in [1.807, 2.05) is 0 Å². The Bertz CT molecular complexity index is 451. The highest BCUT2D eigenvalue weighted by molar-refractivity contribution is 6.44. The van der Waals surface area contributed by atoms with Gasteiger partial charge in [-0.05, 0) is 30.9 Å². The molecule has 2 nitrogen and oxygen atoms in total. The lowest BCUT2D eigenvalue weighted by molar-refractivity contribution is -0.0160. The van der Waals surface area contributed by atoms with Gasteiger partial charge in [-0.2, -0.15) is 0 Å². The third-order valence-electron chi connectivity index (χ3n) is 3.43. The summed E-state index contributed by atoms with van der Waals surface area (Å²) in [6.45, 7) is 5.14. The van der Waals surface area contributed by atoms with Crippen LogP contribution in [0.3, 0.4) is 0 Å². The summed E-state index contributed by atoms with van der Waals surface area (Å²) in [5.74, 6) is 0.522. The van der Waals surface area contributed by atoms with Crippen LogP contribution in [0.1, 0.15) is 26.7 Å². The van der Waals surface area contributed by atoms with Gasteiger partial charge >= 0.3 is 0 Å². The minimum Gasteiger partial charge on any atom is -0.381 e. The lowest BCUT2D eigenvalue weighted by Crippen LogP contribution is -2.36. The molecule has 0 amide bonds. The van der Waals surface area contributed by atoms with Crippen LogP contribution in [0.25, 0.3) is 0 Å². The molecule has 5 heteroatoms. The van der Waals surface area contributed by atoms with Gasteiger partial charge in [0.2, 0.25) is 0 Å². The molecule has 0 radical (unpaired) electrons. The lowest BCUT2D eigenvalue weighted by Gasteiger charge is -2.33. The highest BCUT2D eigenvalue weighted by Gasteiger charge is 2.25. The smallest absolute Gasteiger partial charge is 0.0653 e. The molecular weight excluding hydrogens is 305 g/mol. The van der Waals surface area contributed by atoms with Crippen molar-refractivity contribution in [1.82, 2.24) is 0 Å². The summed E-state index contributed by atoms with van der Waals surface area (Å²) in [6, 6.07) is 3.81. The van der Waals surface area contributed by atoms with E-state index in [0.717, 1.165) is 25.1 Å². The van der Waals surface area contributed by atoms with E-state index in [-0.39, 0.29) is 0 Å². The van der Waals surface area contributed by atoms with Gasteiger partial charge in [-0.3, -0.25) is 0 Å². The quantitative estimate of drug-likeness (QED) is 0.766. The zero-order chi connectivity index (χ0) is 14.0. The molecule has 1 saturated heterocycles. The van der Waals surface area contributed by atoms with E-state index < -0.39 is 0 Å². The molecular formula is C14H18Cl3NO. The van der Waals surface area contributed by atoms with Crippen LogP contribution >= 0.6 is 34.8 Å². The van der Waals surface area contributed by atoms with Crippen LogP contribution in [-0.4, -0.2) is 18.8 Å². The van der Waals surface area contributed by atoms with Crippen LogP contribution in [0, 0.1) is 5.92 Å². The molecule has 0 saturated carbocycles. The van der Waals surface area contributed by atoms with Gasteiger partial charge in [0.15, 0.2) is 0 Å². The highest BCUT2D eigenvalue weighted by Crippen LogP contribution is 2.34. The number of benzene rings is 1. The maximum Gasteiger partial charge on any atom is 0.0653 e. The standard InChI is InChI=1S/C14H18Cl3NO/c1-8(2)14-5-9(3-4-19-14)18-13-7-11(16)10(15)6-12(13)17/h6-9,14,18H,3-5H2,1-2H3. The van der Waals surface area contributed by atoms with E-state index in [1.54, 1.807) is 12.1 Å². The lowest BCUT2D eigenvalue weighted by atomic mass is 9.95. The van der Waals surface area contributed by atoms with E-state index in [1.165, 1.54) is 0 Å². The Morgan fingerprint density at radius 1 is 1.16 bits per heavy atom. The molecule has 0 aliphatic carbocycles. The van der Waals surface area contributed by atoms with Crippen molar-refractivity contribution in [3.63, 3.8) is 0 Å². The summed E-state index contributed by atoms with van der Waals surface area (Å²) in [6.07, 6.45) is 2.25. The molecule has 1 aromatic carbocycles. The van der Waals surface area contributed by atoms with Crippen molar-refractivity contribution in [1.29, 1.82) is 0 Å². The van der Waals surface area contributed by atoms with Crippen LogP contribution in [0.5, 0.6) is 0 Å². The minimum atomic E-state index is 0.299. The molecule has 1 fully saturated rings. The fourth-order valence-corrected chi connectivity index (χ4v) is 2.88. The Kier molecular flexibility index (Phi) is 5.24. The number of rotatable bonds is 3. The minimum absolute atomic E-state index is 0.299. The van der Waals surface area contributed by atoms with Crippen LogP contribution in [0.2, 0.25) is 15.1 Å². The molecule has 19 heavy (non-hydrogen) atoms. The maximum absolute atomic E-state index is 6.18. The largest absolute Gasteiger partial charge is 0.381 e. The number of hydrogen-bond acceptors (Lipinski definition) is 2. The first-order valence-corrected chi connectivity index (χ1v) is 7.63. The monoisotopic (exact) mass is 321 g/mol. The zero-order valence-corrected chi connectivity index (χ0v) is 13.3. The number of ether oxygens (including phenoxy) is 1. The van der Waals surface area contributed by atoms with E-state index in [4.69, 9.17) is 39.5 Å². The Labute approximate surface area is 129 Å². The first kappa shape index (κ1) is 15.2. The van der Waals surface area contributed by atoms with Crippen molar-refractivity contribution in [2.24, 2.45) is 5.92 Å². The SMILES string of the molecule is CC(C)C1CC(Nc2cc(Cl)c(Cl)cc2Cl)CCO1. The number of hydrogen-bond donors (Lipinski definition) is 1. The second kappa shape index (κ2) is 6.53. The molecule has 0 bridgehead atoms. The van der Waals surface area contributed by atoms with Gasteiger partial charge in [0.05, 0.1) is 26.9 Å². The van der Waals surface area contributed by atoms with Gasteiger partial charge in [0.25, 0.3) is 0 Å². The Morgan fingerprint density at radius 3 is 2.53 bits per heavy atom. The van der Waals surface area contributed by atoms with Crippen LogP contribution in [0.4, 0.5) is 5.69 Å². The Morgan fingerprint density at radius 2 is 1.84 bits per heavy atom. The van der Waals surface area contributed by atoms with Gasteiger partial charge in [-0.15, -0.1) is 0 Å². The molecule has 0 aromatic heterocycles. The van der Waals surface area contributed by atoms with Crippen LogP contribution < -0.4 is 5.32 Å². The second-order valence-electron chi connectivity index (χ2n) is 5.27. The molecule has 1 N–H and O–H groups in total. The van der Waals surface area contributed by atoms with Crippen molar-refractivity contribution >= 4 is 40.5 Å². The van der Waals surface area contributed by atoms with Crippen molar-refractivity contribution in [3.05, 3.63) is 27.2 Å². The molecule has 1 aliphatic rings. The fourth-order valence-electron chi connectivity index (χ4n) is 2.28. The van der Waals surface area contributed by atoms with Gasteiger partial charge in [0.1, 0.15) is 0 Å². The van der Waals surface area contributed by atoms with Gasteiger partial charge in [-0.1, -0.05) is 48.7 Å². The Balaban J connectivity index is 2.06. The summed E-state index contributed by atoms with van der Waals surface area (Å²) in [4.78, 5) is 0. The third kappa shape index (κ3) is 3.91. The summed E-state index contributed by atoms with van der Waals surface area (Å²) >= 11 is 18.1. The molecule has 1 aliphatic heterocycles. The normalized spacial score (nSPS) is 23.7. The molecule has 2 rings (SSSR count). The fraction of sp³-hybridized carbons (Fsp3) is 0.571.